The lowest BCUT2D eigenvalue weighted by molar-refractivity contribution is -0.111. The minimum absolute atomic E-state index is 0.259. The van der Waals surface area contributed by atoms with Crippen LogP contribution in [-0.2, 0) is 17.6 Å². The zero-order valence-corrected chi connectivity index (χ0v) is 22.1. The Bertz CT molecular complexity index is 1210. The predicted molar refractivity (Wildman–Crippen MR) is 156 cm³/mol. The minimum atomic E-state index is -0.259. The number of carbonyl (C=O) groups is 1. The number of aryl methyl sites for hydroxylation is 2. The van der Waals surface area contributed by atoms with Gasteiger partial charge in [0.25, 0.3) is 0 Å². The van der Waals surface area contributed by atoms with E-state index in [1.54, 1.807) is 13.3 Å². The number of anilines is 2. The third-order valence-corrected chi connectivity index (χ3v) is 6.11. The van der Waals surface area contributed by atoms with Gasteiger partial charge in [-0.3, -0.25) is 14.8 Å². The van der Waals surface area contributed by atoms with E-state index in [1.165, 1.54) is 11.6 Å². The van der Waals surface area contributed by atoms with Crippen LogP contribution >= 0.6 is 0 Å². The second kappa shape index (κ2) is 13.9. The van der Waals surface area contributed by atoms with Crippen molar-refractivity contribution in [3.63, 3.8) is 0 Å². The molecule has 0 fully saturated rings. The molecule has 3 rings (SSSR count). The predicted octanol–water partition coefficient (Wildman–Crippen LogP) is 5.37. The van der Waals surface area contributed by atoms with Crippen molar-refractivity contribution in [3.05, 3.63) is 83.7 Å². The monoisotopic (exact) mass is 499 g/mol. The Morgan fingerprint density at radius 2 is 2.05 bits per heavy atom. The Morgan fingerprint density at radius 1 is 1.24 bits per heavy atom. The van der Waals surface area contributed by atoms with E-state index in [-0.39, 0.29) is 5.91 Å². The number of allylic oxidation sites excluding steroid dienone is 2. The standard InChI is InChI=1S/C30H37N5O2/c1-6-30(36)34-27-20-28(29(37-5)19-23(27)13-10-18-35(3)4)33-17-15-26(31-2)25-21-32-16-9-12-22-11-7-8-14-24(22)25/h6-8,11,14-15,17,19-21,33H,1-2,9-10,12-13,16,18H2,3-5H3,(H,34,36). The molecule has 194 valence electrons. The van der Waals surface area contributed by atoms with E-state index >= 15 is 0 Å². The summed E-state index contributed by atoms with van der Waals surface area (Å²) in [6, 6.07) is 12.2. The number of aliphatic imine (C=N–C) groups is 2. The molecule has 0 saturated heterocycles. The topological polar surface area (TPSA) is 78.3 Å². The van der Waals surface area contributed by atoms with Gasteiger partial charge in [-0.1, -0.05) is 30.8 Å². The summed E-state index contributed by atoms with van der Waals surface area (Å²) in [6.45, 7) is 9.10. The van der Waals surface area contributed by atoms with Crippen molar-refractivity contribution in [3.8, 4) is 5.75 Å². The van der Waals surface area contributed by atoms with Crippen LogP contribution in [0.2, 0.25) is 0 Å². The molecule has 0 aromatic heterocycles. The molecular weight excluding hydrogens is 462 g/mol. The molecule has 0 atom stereocenters. The molecule has 7 heteroatoms. The Hall–Kier alpha value is -3.97. The number of benzene rings is 2. The molecule has 2 aromatic rings. The summed E-state index contributed by atoms with van der Waals surface area (Å²) in [6.07, 6.45) is 10.6. The van der Waals surface area contributed by atoms with Crippen LogP contribution in [0.5, 0.6) is 5.75 Å². The van der Waals surface area contributed by atoms with Gasteiger partial charge in [-0.05, 0) is 94.0 Å². The molecule has 7 nitrogen and oxygen atoms in total. The zero-order valence-electron chi connectivity index (χ0n) is 22.1. The van der Waals surface area contributed by atoms with Gasteiger partial charge >= 0.3 is 0 Å². The van der Waals surface area contributed by atoms with Crippen molar-refractivity contribution in [2.75, 3.05) is 44.9 Å². The van der Waals surface area contributed by atoms with Crippen LogP contribution in [0.15, 0.2) is 77.0 Å². The first-order chi connectivity index (χ1) is 18.0. The number of methoxy groups -OCH3 is 1. The van der Waals surface area contributed by atoms with Crippen molar-refractivity contribution < 1.29 is 9.53 Å². The lowest BCUT2D eigenvalue weighted by Crippen LogP contribution is -2.15. The summed E-state index contributed by atoms with van der Waals surface area (Å²) in [7, 11) is 5.72. The number of nitrogens with zero attached hydrogens (tertiary/aromatic N) is 3. The lowest BCUT2D eigenvalue weighted by atomic mass is 9.94. The van der Waals surface area contributed by atoms with Crippen molar-refractivity contribution in [2.24, 2.45) is 9.98 Å². The van der Waals surface area contributed by atoms with Crippen molar-refractivity contribution in [1.82, 2.24) is 4.90 Å². The molecule has 0 spiro atoms. The summed E-state index contributed by atoms with van der Waals surface area (Å²) in [5, 5.41) is 6.23. The van der Waals surface area contributed by atoms with Crippen LogP contribution in [0.1, 0.15) is 29.5 Å². The number of hydrogen-bond donors (Lipinski definition) is 2. The highest BCUT2D eigenvalue weighted by Gasteiger charge is 2.13. The smallest absolute Gasteiger partial charge is 0.247 e. The first-order valence-electron chi connectivity index (χ1n) is 12.5. The Balaban J connectivity index is 1.93. The molecule has 0 unspecified atom stereocenters. The maximum absolute atomic E-state index is 12.1. The first-order valence-corrected chi connectivity index (χ1v) is 12.5. The van der Waals surface area contributed by atoms with Gasteiger partial charge in [0, 0.05) is 30.2 Å². The van der Waals surface area contributed by atoms with E-state index in [2.05, 4.69) is 57.0 Å². The average Bonchev–Trinajstić information content (AvgIpc) is 2.88. The molecule has 0 aliphatic carbocycles. The van der Waals surface area contributed by atoms with Crippen molar-refractivity contribution in [2.45, 2.75) is 25.7 Å². The minimum Gasteiger partial charge on any atom is -0.495 e. The third-order valence-electron chi connectivity index (χ3n) is 6.11. The SMILES string of the molecule is C=CC(=O)Nc1cc(NC=CC(N=C)=C2C=NCCCc3ccccc32)c(OC)cc1CCCN(C)C. The highest BCUT2D eigenvalue weighted by molar-refractivity contribution is 6.12. The van der Waals surface area contributed by atoms with Gasteiger partial charge in [-0.15, -0.1) is 0 Å². The number of rotatable bonds is 11. The molecule has 0 bridgehead atoms. The molecule has 37 heavy (non-hydrogen) atoms. The number of ether oxygens (including phenoxy) is 1. The average molecular weight is 500 g/mol. The van der Waals surface area contributed by atoms with Crippen molar-refractivity contribution >= 4 is 35.8 Å². The fourth-order valence-corrected chi connectivity index (χ4v) is 4.23. The molecule has 1 amide bonds. The fraction of sp³-hybridized carbons (Fsp3) is 0.300. The number of carbonyl (C=O) groups excluding carboxylic acids is 1. The van der Waals surface area contributed by atoms with Gasteiger partial charge in [0.1, 0.15) is 5.75 Å². The quantitative estimate of drug-likeness (QED) is 0.322. The van der Waals surface area contributed by atoms with Gasteiger partial charge in [0.05, 0.1) is 18.5 Å². The normalized spacial score (nSPS) is 14.5. The molecule has 2 N–H and O–H groups in total. The highest BCUT2D eigenvalue weighted by atomic mass is 16.5. The lowest BCUT2D eigenvalue weighted by Gasteiger charge is -2.17. The van der Waals surface area contributed by atoms with E-state index in [4.69, 9.17) is 4.74 Å². The van der Waals surface area contributed by atoms with E-state index in [9.17, 15) is 4.79 Å². The molecule has 1 aliphatic heterocycles. The summed E-state index contributed by atoms with van der Waals surface area (Å²) in [5.74, 6) is 0.422. The maximum Gasteiger partial charge on any atom is 0.247 e. The zero-order chi connectivity index (χ0) is 26.6. The molecule has 0 saturated carbocycles. The molecule has 1 aliphatic rings. The summed E-state index contributed by atoms with van der Waals surface area (Å²) < 4.78 is 5.67. The second-order valence-electron chi connectivity index (χ2n) is 9.04. The summed E-state index contributed by atoms with van der Waals surface area (Å²) in [4.78, 5) is 23.1. The van der Waals surface area contributed by atoms with Crippen LogP contribution in [0, 0.1) is 0 Å². The summed E-state index contributed by atoms with van der Waals surface area (Å²) in [5.41, 5.74) is 6.49. The third kappa shape index (κ3) is 7.75. The number of nitrogens with one attached hydrogen (secondary N) is 2. The van der Waals surface area contributed by atoms with Gasteiger partial charge < -0.3 is 20.3 Å². The van der Waals surface area contributed by atoms with Crippen molar-refractivity contribution in [1.29, 1.82) is 0 Å². The molecule has 2 aromatic carbocycles. The number of hydrogen-bond acceptors (Lipinski definition) is 6. The van der Waals surface area contributed by atoms with Crippen LogP contribution < -0.4 is 15.4 Å². The van der Waals surface area contributed by atoms with Gasteiger partial charge in [0.2, 0.25) is 5.91 Å². The maximum atomic E-state index is 12.1. The van der Waals surface area contributed by atoms with Gasteiger partial charge in [0.15, 0.2) is 0 Å². The van der Waals surface area contributed by atoms with Crippen LogP contribution in [0.3, 0.4) is 0 Å². The Morgan fingerprint density at radius 3 is 2.78 bits per heavy atom. The molecule has 1 heterocycles. The number of fused-ring (bicyclic) bond motifs is 1. The van der Waals surface area contributed by atoms with Crippen LogP contribution in [-0.4, -0.2) is 58.0 Å². The van der Waals surface area contributed by atoms with Crippen LogP contribution in [0.25, 0.3) is 5.57 Å². The first kappa shape index (κ1) is 27.6. The van der Waals surface area contributed by atoms with Gasteiger partial charge in [-0.25, -0.2) is 0 Å². The Labute approximate surface area is 220 Å². The fourth-order valence-electron chi connectivity index (χ4n) is 4.23. The van der Waals surface area contributed by atoms with E-state index in [0.29, 0.717) is 11.4 Å². The molecule has 0 radical (unpaired) electrons. The summed E-state index contributed by atoms with van der Waals surface area (Å²) >= 11 is 0. The molecular formula is C30H37N5O2. The second-order valence-corrected chi connectivity index (χ2v) is 9.04. The Kier molecular flexibility index (Phi) is 10.4. The number of amides is 1. The van der Waals surface area contributed by atoms with E-state index in [0.717, 1.165) is 66.8 Å². The van der Waals surface area contributed by atoms with E-state index in [1.807, 2.05) is 44.6 Å². The largest absolute Gasteiger partial charge is 0.495 e. The van der Waals surface area contributed by atoms with Gasteiger partial charge in [-0.2, -0.15) is 0 Å². The van der Waals surface area contributed by atoms with E-state index < -0.39 is 0 Å². The van der Waals surface area contributed by atoms with Crippen LogP contribution in [0.4, 0.5) is 11.4 Å². The highest BCUT2D eigenvalue weighted by Crippen LogP contribution is 2.33.